The van der Waals surface area contributed by atoms with Crippen molar-refractivity contribution in [3.8, 4) is 10.6 Å². The van der Waals surface area contributed by atoms with Gasteiger partial charge in [0.15, 0.2) is 0 Å². The molecule has 3 heterocycles. The Bertz CT molecular complexity index is 805. The molecule has 3 aromatic heterocycles. The lowest BCUT2D eigenvalue weighted by molar-refractivity contribution is 0.292. The zero-order valence-corrected chi connectivity index (χ0v) is 14.2. The van der Waals surface area contributed by atoms with Crippen LogP contribution in [0, 0.1) is 6.92 Å². The Balaban J connectivity index is 1.73. The smallest absolute Gasteiger partial charge is 0.132 e. The summed E-state index contributed by atoms with van der Waals surface area (Å²) in [5.41, 5.74) is 2.02. The van der Waals surface area contributed by atoms with Crippen LogP contribution < -0.4 is 10.6 Å². The largest absolute Gasteiger partial charge is 0.395 e. The number of rotatable bonds is 7. The molecule has 0 bridgehead atoms. The first-order valence-corrected chi connectivity index (χ1v) is 8.49. The molecule has 0 aliphatic rings. The molecule has 3 rings (SSSR count). The van der Waals surface area contributed by atoms with Crippen LogP contribution in [-0.4, -0.2) is 33.2 Å². The molecule has 0 atom stereocenters. The predicted molar refractivity (Wildman–Crippen MR) is 96.4 cm³/mol. The number of aryl methyl sites for hydroxylation is 1. The molecule has 0 saturated carbocycles. The van der Waals surface area contributed by atoms with Crippen LogP contribution in [0.25, 0.3) is 10.6 Å². The number of hydrogen-bond donors (Lipinski definition) is 3. The van der Waals surface area contributed by atoms with E-state index in [0.29, 0.717) is 13.1 Å². The Kier molecular flexibility index (Phi) is 5.47. The third-order valence-corrected chi connectivity index (χ3v) is 4.31. The minimum absolute atomic E-state index is 0.125. The molecular weight excluding hydrogens is 322 g/mol. The lowest BCUT2D eigenvalue weighted by atomic mass is 10.3. The molecule has 0 aliphatic carbocycles. The average molecular weight is 341 g/mol. The first kappa shape index (κ1) is 16.5. The van der Waals surface area contributed by atoms with Gasteiger partial charge in [-0.25, -0.2) is 15.0 Å². The van der Waals surface area contributed by atoms with Crippen LogP contribution >= 0.6 is 11.3 Å². The van der Waals surface area contributed by atoms with Crippen molar-refractivity contribution >= 4 is 23.0 Å². The number of anilines is 2. The van der Waals surface area contributed by atoms with Gasteiger partial charge in [-0.3, -0.25) is 0 Å². The fraction of sp³-hybridized carbons (Fsp3) is 0.235. The molecule has 24 heavy (non-hydrogen) atoms. The second kappa shape index (κ2) is 7.96. The number of aromatic nitrogens is 3. The summed E-state index contributed by atoms with van der Waals surface area (Å²) in [4.78, 5) is 14.3. The zero-order chi connectivity index (χ0) is 16.8. The number of aliphatic hydroxyl groups excluding tert-OH is 1. The molecule has 0 amide bonds. The van der Waals surface area contributed by atoms with E-state index in [1.54, 1.807) is 17.5 Å². The third kappa shape index (κ3) is 4.35. The van der Waals surface area contributed by atoms with Gasteiger partial charge in [0, 0.05) is 25.5 Å². The van der Waals surface area contributed by atoms with Gasteiger partial charge in [-0.1, -0.05) is 6.07 Å². The SMILES string of the molecule is Cc1ccnc(Nc2cccc(-c3cnc(CNCCO)s3)n2)c1. The van der Waals surface area contributed by atoms with Crippen molar-refractivity contribution in [1.29, 1.82) is 0 Å². The van der Waals surface area contributed by atoms with Crippen molar-refractivity contribution in [3.05, 3.63) is 53.3 Å². The molecule has 0 spiro atoms. The van der Waals surface area contributed by atoms with Crippen LogP contribution in [0.3, 0.4) is 0 Å². The van der Waals surface area contributed by atoms with Crippen molar-refractivity contribution < 1.29 is 5.11 Å². The molecule has 0 radical (unpaired) electrons. The zero-order valence-electron chi connectivity index (χ0n) is 13.4. The lowest BCUT2D eigenvalue weighted by Gasteiger charge is -2.06. The highest BCUT2D eigenvalue weighted by atomic mass is 32.1. The number of thiazole rings is 1. The Morgan fingerprint density at radius 3 is 2.92 bits per heavy atom. The Hall–Kier alpha value is -2.35. The monoisotopic (exact) mass is 341 g/mol. The van der Waals surface area contributed by atoms with Crippen molar-refractivity contribution in [2.45, 2.75) is 13.5 Å². The van der Waals surface area contributed by atoms with Crippen molar-refractivity contribution in [3.63, 3.8) is 0 Å². The molecule has 7 heteroatoms. The van der Waals surface area contributed by atoms with Crippen LogP contribution in [0.15, 0.2) is 42.7 Å². The highest BCUT2D eigenvalue weighted by Crippen LogP contribution is 2.26. The number of pyridine rings is 2. The summed E-state index contributed by atoms with van der Waals surface area (Å²) in [5.74, 6) is 1.52. The summed E-state index contributed by atoms with van der Waals surface area (Å²) in [7, 11) is 0. The number of nitrogens with one attached hydrogen (secondary N) is 2. The lowest BCUT2D eigenvalue weighted by Crippen LogP contribution is -2.17. The second-order valence-electron chi connectivity index (χ2n) is 5.27. The maximum absolute atomic E-state index is 8.79. The van der Waals surface area contributed by atoms with Gasteiger partial charge >= 0.3 is 0 Å². The normalized spacial score (nSPS) is 10.8. The van der Waals surface area contributed by atoms with Crippen LogP contribution in [-0.2, 0) is 6.54 Å². The van der Waals surface area contributed by atoms with Crippen LogP contribution in [0.2, 0.25) is 0 Å². The van der Waals surface area contributed by atoms with E-state index >= 15 is 0 Å². The Labute approximate surface area is 144 Å². The quantitative estimate of drug-likeness (QED) is 0.573. The third-order valence-electron chi connectivity index (χ3n) is 3.29. The van der Waals surface area contributed by atoms with E-state index in [9.17, 15) is 0 Å². The molecule has 0 unspecified atom stereocenters. The summed E-state index contributed by atoms with van der Waals surface area (Å²) in [6, 6.07) is 9.78. The van der Waals surface area contributed by atoms with Crippen molar-refractivity contribution in [2.24, 2.45) is 0 Å². The first-order valence-electron chi connectivity index (χ1n) is 7.68. The summed E-state index contributed by atoms with van der Waals surface area (Å²) < 4.78 is 0. The second-order valence-corrected chi connectivity index (χ2v) is 6.39. The van der Waals surface area contributed by atoms with Gasteiger partial charge < -0.3 is 15.7 Å². The molecule has 3 aromatic rings. The summed E-state index contributed by atoms with van der Waals surface area (Å²) in [5, 5.41) is 16.1. The molecule has 0 aliphatic heterocycles. The highest BCUT2D eigenvalue weighted by molar-refractivity contribution is 7.15. The molecule has 6 nitrogen and oxygen atoms in total. The van der Waals surface area contributed by atoms with E-state index in [2.05, 4.69) is 25.6 Å². The van der Waals surface area contributed by atoms with Crippen molar-refractivity contribution in [2.75, 3.05) is 18.5 Å². The number of aliphatic hydroxyl groups is 1. The summed E-state index contributed by atoms with van der Waals surface area (Å²) >= 11 is 1.59. The predicted octanol–water partition coefficient (Wildman–Crippen LogP) is 2.73. The van der Waals surface area contributed by atoms with Gasteiger partial charge in [0.05, 0.1) is 17.2 Å². The Morgan fingerprint density at radius 2 is 2.08 bits per heavy atom. The van der Waals surface area contributed by atoms with E-state index in [1.165, 1.54) is 0 Å². The summed E-state index contributed by atoms with van der Waals surface area (Å²) in [6.07, 6.45) is 3.61. The van der Waals surface area contributed by atoms with Gasteiger partial charge in [-0.15, -0.1) is 11.3 Å². The minimum atomic E-state index is 0.125. The maximum atomic E-state index is 8.79. The van der Waals surface area contributed by atoms with Gasteiger partial charge in [-0.05, 0) is 36.8 Å². The average Bonchev–Trinajstić information content (AvgIpc) is 3.04. The molecule has 0 saturated heterocycles. The minimum Gasteiger partial charge on any atom is -0.395 e. The Morgan fingerprint density at radius 1 is 1.17 bits per heavy atom. The van der Waals surface area contributed by atoms with Gasteiger partial charge in [0.1, 0.15) is 16.6 Å². The number of nitrogens with zero attached hydrogens (tertiary/aromatic N) is 3. The van der Waals surface area contributed by atoms with E-state index in [-0.39, 0.29) is 6.61 Å². The van der Waals surface area contributed by atoms with Gasteiger partial charge in [0.25, 0.3) is 0 Å². The molecule has 0 aromatic carbocycles. The van der Waals surface area contributed by atoms with E-state index in [0.717, 1.165) is 32.8 Å². The maximum Gasteiger partial charge on any atom is 0.132 e. The highest BCUT2D eigenvalue weighted by Gasteiger charge is 2.07. The van der Waals surface area contributed by atoms with Crippen LogP contribution in [0.5, 0.6) is 0 Å². The number of hydrogen-bond acceptors (Lipinski definition) is 7. The van der Waals surface area contributed by atoms with Crippen LogP contribution in [0.4, 0.5) is 11.6 Å². The van der Waals surface area contributed by atoms with Gasteiger partial charge in [-0.2, -0.15) is 0 Å². The topological polar surface area (TPSA) is 83.0 Å². The first-order chi connectivity index (χ1) is 11.7. The standard InChI is InChI=1S/C17H19N5OS/c1-12-5-6-19-16(9-12)22-15-4-2-3-13(21-15)14-10-20-17(24-14)11-18-7-8-23/h2-6,9-10,18,23H,7-8,11H2,1H3,(H,19,21,22). The van der Waals surface area contributed by atoms with Gasteiger partial charge in [0.2, 0.25) is 0 Å². The fourth-order valence-electron chi connectivity index (χ4n) is 2.16. The molecule has 3 N–H and O–H groups in total. The molecule has 124 valence electrons. The summed E-state index contributed by atoms with van der Waals surface area (Å²) in [6.45, 7) is 3.37. The van der Waals surface area contributed by atoms with Crippen molar-refractivity contribution in [1.82, 2.24) is 20.3 Å². The van der Waals surface area contributed by atoms with Crippen LogP contribution in [0.1, 0.15) is 10.6 Å². The molecular formula is C17H19N5OS. The molecule has 0 fully saturated rings. The fourth-order valence-corrected chi connectivity index (χ4v) is 3.02. The van der Waals surface area contributed by atoms with E-state index in [1.807, 2.05) is 43.5 Å². The van der Waals surface area contributed by atoms with E-state index < -0.39 is 0 Å². The van der Waals surface area contributed by atoms with E-state index in [4.69, 9.17) is 5.11 Å².